The van der Waals surface area contributed by atoms with Gasteiger partial charge >= 0.3 is 0 Å². The number of hydrogen-bond donors (Lipinski definition) is 2. The van der Waals surface area contributed by atoms with Crippen LogP contribution in [-0.4, -0.2) is 16.1 Å². The maximum atomic E-state index is 10.9. The highest BCUT2D eigenvalue weighted by Crippen LogP contribution is 2.37. The van der Waals surface area contributed by atoms with Gasteiger partial charge in [-0.05, 0) is 30.9 Å². The number of rotatable bonds is 4. The van der Waals surface area contributed by atoms with E-state index in [2.05, 4.69) is 0 Å². The van der Waals surface area contributed by atoms with Crippen LogP contribution in [-0.2, 0) is 0 Å². The number of aliphatic hydroxyl groups excluding tert-OH is 1. The third-order valence-corrected chi connectivity index (χ3v) is 3.78. The summed E-state index contributed by atoms with van der Waals surface area (Å²) in [6.45, 7) is 0. The maximum absolute atomic E-state index is 10.9. The van der Waals surface area contributed by atoms with Crippen molar-refractivity contribution in [2.24, 2.45) is 11.7 Å². The van der Waals surface area contributed by atoms with Gasteiger partial charge in [0.05, 0.1) is 22.6 Å². The van der Waals surface area contributed by atoms with Crippen LogP contribution in [0.25, 0.3) is 0 Å². The van der Waals surface area contributed by atoms with Crippen molar-refractivity contribution >= 4 is 29.7 Å². The standard InChI is InChI=1S/C12H15ClN2O3.ClH/c13-8-4-5-10(15(17)18)9(6-8)11(14)12(16)7-2-1-3-7;/h4-7,11-12,16H,1-3,14H2;1H/t11-,12+;/m0./s1. The number of hydrogen-bond acceptors (Lipinski definition) is 4. The van der Waals surface area contributed by atoms with Crippen LogP contribution < -0.4 is 5.73 Å². The van der Waals surface area contributed by atoms with E-state index in [0.29, 0.717) is 10.6 Å². The summed E-state index contributed by atoms with van der Waals surface area (Å²) < 4.78 is 0. The van der Waals surface area contributed by atoms with Crippen LogP contribution in [0, 0.1) is 16.0 Å². The summed E-state index contributed by atoms with van der Waals surface area (Å²) in [7, 11) is 0. The van der Waals surface area contributed by atoms with E-state index in [1.54, 1.807) is 0 Å². The Morgan fingerprint density at radius 2 is 2.11 bits per heavy atom. The molecular weight excluding hydrogens is 291 g/mol. The second-order valence-electron chi connectivity index (χ2n) is 4.67. The molecule has 1 aliphatic carbocycles. The highest BCUT2D eigenvalue weighted by Gasteiger charge is 2.33. The Bertz CT molecular complexity index is 466. The molecule has 7 heteroatoms. The lowest BCUT2D eigenvalue weighted by Crippen LogP contribution is -2.36. The van der Waals surface area contributed by atoms with Gasteiger partial charge in [0.1, 0.15) is 0 Å². The number of halogens is 2. The number of aliphatic hydroxyl groups is 1. The molecule has 5 nitrogen and oxygen atoms in total. The Hall–Kier alpha value is -0.880. The van der Waals surface area contributed by atoms with Gasteiger partial charge in [-0.1, -0.05) is 18.0 Å². The molecule has 0 unspecified atom stereocenters. The lowest BCUT2D eigenvalue weighted by molar-refractivity contribution is -0.385. The van der Waals surface area contributed by atoms with E-state index in [9.17, 15) is 15.2 Å². The average molecular weight is 307 g/mol. The number of nitrogens with zero attached hydrogens (tertiary/aromatic N) is 1. The predicted octanol–water partition coefficient (Wildman–Crippen LogP) is 2.83. The SMILES string of the molecule is Cl.N[C@@H](c1cc(Cl)ccc1[N+](=O)[O-])[C@H](O)C1CCC1. The molecule has 3 N–H and O–H groups in total. The van der Waals surface area contributed by atoms with E-state index < -0.39 is 17.1 Å². The van der Waals surface area contributed by atoms with Crippen molar-refractivity contribution < 1.29 is 10.0 Å². The van der Waals surface area contributed by atoms with Crippen molar-refractivity contribution in [1.82, 2.24) is 0 Å². The second kappa shape index (κ2) is 6.52. The zero-order valence-corrected chi connectivity index (χ0v) is 11.7. The van der Waals surface area contributed by atoms with Crippen molar-refractivity contribution in [2.75, 3.05) is 0 Å². The molecular formula is C12H16Cl2N2O3. The van der Waals surface area contributed by atoms with Crippen LogP contribution in [0.2, 0.25) is 5.02 Å². The van der Waals surface area contributed by atoms with Gasteiger partial charge in [0.25, 0.3) is 5.69 Å². The highest BCUT2D eigenvalue weighted by atomic mass is 35.5. The predicted molar refractivity (Wildman–Crippen MR) is 75.6 cm³/mol. The molecule has 0 radical (unpaired) electrons. The topological polar surface area (TPSA) is 89.4 Å². The summed E-state index contributed by atoms with van der Waals surface area (Å²) in [5.41, 5.74) is 6.15. The van der Waals surface area contributed by atoms with Crippen LogP contribution in [0.1, 0.15) is 30.9 Å². The number of nitro groups is 1. The molecule has 0 spiro atoms. The Labute approximate surface area is 122 Å². The van der Waals surface area contributed by atoms with Gasteiger partial charge in [-0.3, -0.25) is 10.1 Å². The van der Waals surface area contributed by atoms with Crippen molar-refractivity contribution in [3.8, 4) is 0 Å². The minimum absolute atomic E-state index is 0. The number of nitro benzene ring substituents is 1. The first-order valence-corrected chi connectivity index (χ1v) is 6.26. The molecule has 106 valence electrons. The Kier molecular flexibility index (Phi) is 5.55. The van der Waals surface area contributed by atoms with E-state index >= 15 is 0 Å². The Balaban J connectivity index is 0.00000180. The normalized spacial score (nSPS) is 18.1. The van der Waals surface area contributed by atoms with Crippen LogP contribution in [0.3, 0.4) is 0 Å². The van der Waals surface area contributed by atoms with Gasteiger partial charge in [0.15, 0.2) is 0 Å². The molecule has 19 heavy (non-hydrogen) atoms. The van der Waals surface area contributed by atoms with Crippen molar-refractivity contribution in [2.45, 2.75) is 31.4 Å². The first-order chi connectivity index (χ1) is 8.50. The molecule has 0 amide bonds. The fourth-order valence-corrected chi connectivity index (χ4v) is 2.40. The molecule has 1 fully saturated rings. The lowest BCUT2D eigenvalue weighted by Gasteiger charge is -2.33. The van der Waals surface area contributed by atoms with Crippen molar-refractivity contribution in [3.05, 3.63) is 38.9 Å². The van der Waals surface area contributed by atoms with Crippen LogP contribution >= 0.6 is 24.0 Å². The smallest absolute Gasteiger partial charge is 0.274 e. The average Bonchev–Trinajstić information content (AvgIpc) is 2.25. The Morgan fingerprint density at radius 3 is 2.58 bits per heavy atom. The third-order valence-electron chi connectivity index (χ3n) is 3.55. The third kappa shape index (κ3) is 3.36. The number of nitrogens with two attached hydrogens (primary N) is 1. The van der Waals surface area contributed by atoms with Crippen LogP contribution in [0.15, 0.2) is 18.2 Å². The van der Waals surface area contributed by atoms with E-state index in [1.165, 1.54) is 18.2 Å². The molecule has 1 aromatic carbocycles. The van der Waals surface area contributed by atoms with E-state index in [4.69, 9.17) is 17.3 Å². The summed E-state index contributed by atoms with van der Waals surface area (Å²) in [5, 5.41) is 21.4. The van der Waals surface area contributed by atoms with E-state index in [1.807, 2.05) is 0 Å². The molecule has 2 rings (SSSR count). The fourth-order valence-electron chi connectivity index (χ4n) is 2.22. The quantitative estimate of drug-likeness (QED) is 0.661. The van der Waals surface area contributed by atoms with Gasteiger partial charge in [0.2, 0.25) is 0 Å². The minimum atomic E-state index is -0.769. The first kappa shape index (κ1) is 16.2. The monoisotopic (exact) mass is 306 g/mol. The van der Waals surface area contributed by atoms with Gasteiger partial charge in [-0.25, -0.2) is 0 Å². The summed E-state index contributed by atoms with van der Waals surface area (Å²) in [6, 6.07) is 3.47. The summed E-state index contributed by atoms with van der Waals surface area (Å²) in [4.78, 5) is 10.4. The van der Waals surface area contributed by atoms with Crippen molar-refractivity contribution in [1.29, 1.82) is 0 Å². The highest BCUT2D eigenvalue weighted by molar-refractivity contribution is 6.30. The van der Waals surface area contributed by atoms with Gasteiger partial charge in [-0.15, -0.1) is 12.4 Å². The van der Waals surface area contributed by atoms with Gasteiger partial charge in [-0.2, -0.15) is 0 Å². The Morgan fingerprint density at radius 1 is 1.47 bits per heavy atom. The first-order valence-electron chi connectivity index (χ1n) is 5.88. The molecule has 1 saturated carbocycles. The molecule has 1 aliphatic rings. The molecule has 0 saturated heterocycles. The molecule has 0 bridgehead atoms. The molecule has 2 atom stereocenters. The second-order valence-corrected chi connectivity index (χ2v) is 5.10. The summed E-state index contributed by atoms with van der Waals surface area (Å²) in [5.74, 6) is 0.138. The van der Waals surface area contributed by atoms with E-state index in [0.717, 1.165) is 19.3 Å². The van der Waals surface area contributed by atoms with Crippen LogP contribution in [0.4, 0.5) is 5.69 Å². The summed E-state index contributed by atoms with van der Waals surface area (Å²) >= 11 is 5.84. The summed E-state index contributed by atoms with van der Waals surface area (Å²) in [6.07, 6.45) is 2.16. The maximum Gasteiger partial charge on any atom is 0.274 e. The molecule has 1 aromatic rings. The minimum Gasteiger partial charge on any atom is -0.391 e. The molecule has 0 heterocycles. The van der Waals surface area contributed by atoms with Crippen molar-refractivity contribution in [3.63, 3.8) is 0 Å². The molecule has 0 aromatic heterocycles. The van der Waals surface area contributed by atoms with Gasteiger partial charge in [0, 0.05) is 11.1 Å². The zero-order valence-electron chi connectivity index (χ0n) is 10.2. The number of benzene rings is 1. The zero-order chi connectivity index (χ0) is 13.3. The largest absolute Gasteiger partial charge is 0.391 e. The molecule has 0 aliphatic heterocycles. The lowest BCUT2D eigenvalue weighted by atomic mass is 9.77. The van der Waals surface area contributed by atoms with Gasteiger partial charge < -0.3 is 10.8 Å². The fraction of sp³-hybridized carbons (Fsp3) is 0.500. The van der Waals surface area contributed by atoms with E-state index in [-0.39, 0.29) is 24.0 Å². The van der Waals surface area contributed by atoms with Crippen LogP contribution in [0.5, 0.6) is 0 Å².